The van der Waals surface area contributed by atoms with Crippen LogP contribution in [0, 0.1) is 41.0 Å². The van der Waals surface area contributed by atoms with Crippen LogP contribution in [0.4, 0.5) is 22.7 Å². The van der Waals surface area contributed by atoms with E-state index < -0.39 is 15.8 Å². The molecule has 0 radical (unpaired) electrons. The first kappa shape index (κ1) is 106. The maximum atomic E-state index is 13.1. The summed E-state index contributed by atoms with van der Waals surface area (Å²) in [6.07, 6.45) is 14.2. The number of likely N-dealkylation sites (tertiary alicyclic amines) is 4. The molecule has 26 nitrogen and oxygen atoms in total. The molecule has 4 saturated heterocycles. The number of benzene rings is 6. The Kier molecular flexibility index (Phi) is 57.5. The summed E-state index contributed by atoms with van der Waals surface area (Å²) in [6.45, 7) is 25.7. The van der Waals surface area contributed by atoms with Crippen molar-refractivity contribution in [3.05, 3.63) is 162 Å². The number of aromatic carboxylic acids is 1. The van der Waals surface area contributed by atoms with Crippen LogP contribution in [0.25, 0.3) is 16.6 Å². The van der Waals surface area contributed by atoms with Crippen molar-refractivity contribution >= 4 is 150 Å². The number of fused-ring (bicyclic) bond motifs is 1. The quantitative estimate of drug-likeness (QED) is 0.00531. The van der Waals surface area contributed by atoms with Gasteiger partial charge in [-0.05, 0) is 211 Å². The Bertz CT molecular complexity index is 3860. The predicted molar refractivity (Wildman–Crippen MR) is 485 cm³/mol. The number of anilines is 2. The summed E-state index contributed by atoms with van der Waals surface area (Å²) >= 11 is 16.7. The number of nitrogens with zero attached hydrogens (tertiary/aromatic N) is 8. The van der Waals surface area contributed by atoms with E-state index in [0.717, 1.165) is 83.2 Å². The van der Waals surface area contributed by atoms with Crippen LogP contribution >= 0.6 is 107 Å². The van der Waals surface area contributed by atoms with Crippen LogP contribution in [0.3, 0.4) is 0 Å². The van der Waals surface area contributed by atoms with Crippen LogP contribution < -0.4 is 40.7 Å². The van der Waals surface area contributed by atoms with Gasteiger partial charge in [0.1, 0.15) is 40.3 Å². The summed E-state index contributed by atoms with van der Waals surface area (Å²) in [5, 5.41) is 66.9. The van der Waals surface area contributed by atoms with Crippen molar-refractivity contribution in [2.75, 3.05) is 131 Å². The second kappa shape index (κ2) is 60.3. The van der Waals surface area contributed by atoms with Gasteiger partial charge in [-0.1, -0.05) is 59.4 Å². The molecule has 11 rings (SSSR count). The first-order valence-corrected chi connectivity index (χ1v) is 51.9. The summed E-state index contributed by atoms with van der Waals surface area (Å²) in [5.74, 6) is 1.85. The number of aromatic hydroxyl groups is 3. The molecule has 0 atom stereocenters. The summed E-state index contributed by atoms with van der Waals surface area (Å²) < 4.78 is 29.2. The molecule has 0 unspecified atom stereocenters. The molecule has 34 heteroatoms. The number of halogens is 6. The molecular formula is C77H116BBr3I3N10O16V. The first-order valence-electron chi connectivity index (χ1n) is 35.6. The van der Waals surface area contributed by atoms with Crippen molar-refractivity contribution in [1.29, 1.82) is 0 Å². The van der Waals surface area contributed by atoms with Gasteiger partial charge < -0.3 is 80.3 Å². The minimum atomic E-state index is -0.980. The number of nitrogens with two attached hydrogens (primary N) is 2. The fourth-order valence-electron chi connectivity index (χ4n) is 11.5. The monoisotopic (exact) mass is 2120 g/mol. The number of aromatic nitrogens is 2. The number of carbonyl (C=O) groups is 1. The standard InChI is InChI=1S/C23H27N3O3.C14H20N2O4.C13H18N2O4.C13H20N2O2.C8H9NO2.C2H6.CH4O.3CH4.BBr3.3HI.V/c1-16-6-8-20-19(14-16)23(28)26(17(2)24-20)21-9-7-18(15-22(21)27)29-13-5-12-25-10-3-4-11-25;1-19-14-11-12(5-6-13(14)16(17)18)20-10-4-9-15-7-2-3-8-15;16-13-10-11(4-5-12(13)15(17)18)19-9-3-8-14-6-1-2-7-14;14-12-5-4-11(10-13(12)16)17-9-3-8-15-6-1-2-7-15;1-5-2-3-7(9)6(4-5)8(10)11;2*1-2;;;;2-1(3)4;;;;/h6-9,14-15,27H,3-5,10-13H2,1-2H3;5-6,11H,2-4,7-10H2,1H3;4-5,10,16H,1-3,6-9H2;4-5,10,16H,1-3,6-9,14H2;2-4H,9H2,1H3,(H,10,11);1-2H3;2H,1H3;3*1H4;;3*1H;/q;;;;;;;;;;;;;;+3/p-3. The Labute approximate surface area is 719 Å². The number of aliphatic hydroxyl groups excluding tert-OH is 1. The molecule has 620 valence electrons. The average Bonchev–Trinajstić information content (AvgIpc) is 0.826. The maximum absolute atomic E-state index is 13.1. The van der Waals surface area contributed by atoms with Crippen molar-refractivity contribution < 1.29 is 68.8 Å². The zero-order chi connectivity index (χ0) is 80.1. The van der Waals surface area contributed by atoms with Crippen LogP contribution in [-0.4, -0.2) is 193 Å². The molecule has 4 aliphatic heterocycles. The summed E-state index contributed by atoms with van der Waals surface area (Å²) in [4.78, 5) is 57.8. The van der Waals surface area contributed by atoms with E-state index in [2.05, 4.69) is 132 Å². The third kappa shape index (κ3) is 41.8. The number of methoxy groups -OCH3 is 1. The number of phenolic OH excluding ortho intramolecular Hbond substituents is 3. The number of aliphatic hydroxyl groups is 1. The van der Waals surface area contributed by atoms with Crippen molar-refractivity contribution in [3.63, 3.8) is 0 Å². The SMILES string of the molecule is BrB(Br)Br.C.C.C.CC.CO.COc1cc(OCCCN2CCCC2)ccc1[N+](=O)[O-].Cc1ccc(N)c(C(=O)O)c1.Cc1ccc2nc(C)n(-c3ccc(OCCCN4CCCC4)cc3O)c(=O)c2c1.Nc1ccc(OCCCN2CCCC2)cc1O.O=[N+]([O-])c1ccc(OCCCN2CCCC2)cc1O.[I][V]([I])[I]. The molecule has 1 aromatic heterocycles. The van der Waals surface area contributed by atoms with E-state index in [4.69, 9.17) is 45.4 Å². The van der Waals surface area contributed by atoms with Crippen LogP contribution in [0.1, 0.15) is 140 Å². The Morgan fingerprint density at radius 3 is 1.24 bits per heavy atom. The van der Waals surface area contributed by atoms with Gasteiger partial charge >= 0.3 is 85.4 Å². The van der Waals surface area contributed by atoms with Gasteiger partial charge in [-0.15, -0.1) is 47.3 Å². The Morgan fingerprint density at radius 1 is 0.541 bits per heavy atom. The average molecular weight is 2120 g/mol. The number of hydrogen-bond donors (Lipinski definition) is 7. The van der Waals surface area contributed by atoms with Gasteiger partial charge in [0.25, 0.3) is 5.56 Å². The topological polar surface area (TPSA) is 351 Å². The molecule has 0 aliphatic carbocycles. The number of nitrogen functional groups attached to an aromatic ring is 2. The summed E-state index contributed by atoms with van der Waals surface area (Å²) in [6, 6.07) is 29.2. The third-order valence-electron chi connectivity index (χ3n) is 16.7. The van der Waals surface area contributed by atoms with Crippen LogP contribution in [0.15, 0.2) is 114 Å². The number of nitro groups is 2. The fraction of sp³-hybridized carbons (Fsp3) is 0.494. The van der Waals surface area contributed by atoms with E-state index in [-0.39, 0.29) is 75.9 Å². The van der Waals surface area contributed by atoms with E-state index in [1.807, 2.05) is 45.9 Å². The number of carboxylic acids is 1. The van der Waals surface area contributed by atoms with Crippen molar-refractivity contribution in [2.24, 2.45) is 0 Å². The molecule has 4 fully saturated rings. The van der Waals surface area contributed by atoms with Gasteiger partial charge in [-0.2, -0.15) is 0 Å². The van der Waals surface area contributed by atoms with Crippen LogP contribution in [0.5, 0.6) is 46.0 Å². The number of hydrogen-bond acceptors (Lipinski definition) is 22. The number of carboxylic acid groups (broad SMARTS) is 1. The molecule has 5 heterocycles. The number of ether oxygens (including phenoxy) is 5. The predicted octanol–water partition coefficient (Wildman–Crippen LogP) is 18.7. The molecule has 9 N–H and O–H groups in total. The van der Waals surface area contributed by atoms with Crippen molar-refractivity contribution in [2.45, 2.75) is 134 Å². The Hall–Kier alpha value is -5.19. The molecule has 0 bridgehead atoms. The molecular weight excluding hydrogens is 2000 g/mol. The van der Waals surface area contributed by atoms with E-state index in [9.17, 15) is 45.1 Å². The normalized spacial score (nSPS) is 13.3. The number of nitro benzene ring substituents is 2. The van der Waals surface area contributed by atoms with Gasteiger partial charge in [-0.3, -0.25) is 29.6 Å². The number of rotatable bonds is 25. The minimum absolute atomic E-state index is 0. The zero-order valence-electron chi connectivity index (χ0n) is 62.4. The van der Waals surface area contributed by atoms with E-state index in [0.29, 0.717) is 83.2 Å². The number of phenols is 3. The molecule has 111 heavy (non-hydrogen) atoms. The van der Waals surface area contributed by atoms with E-state index in [1.54, 1.807) is 73.7 Å². The second-order valence-corrected chi connectivity index (χ2v) is 66.3. The third-order valence-corrected chi connectivity index (χ3v) is 16.7. The van der Waals surface area contributed by atoms with Gasteiger partial charge in [0.2, 0.25) is 5.75 Å². The van der Waals surface area contributed by atoms with Gasteiger partial charge in [0, 0.05) is 75.4 Å². The molecule has 0 amide bonds. The molecule has 6 aromatic carbocycles. The van der Waals surface area contributed by atoms with Gasteiger partial charge in [-0.25, -0.2) is 9.78 Å². The van der Waals surface area contributed by atoms with Crippen LogP contribution in [0.2, 0.25) is 0 Å². The van der Waals surface area contributed by atoms with Gasteiger partial charge in [0.15, 0.2) is 5.75 Å². The second-order valence-electron chi connectivity index (χ2n) is 24.5. The summed E-state index contributed by atoms with van der Waals surface area (Å²) in [5.41, 5.74) is 14.2. The number of aryl methyl sites for hydroxylation is 3. The molecule has 7 aromatic rings. The van der Waals surface area contributed by atoms with Crippen molar-refractivity contribution in [3.8, 4) is 51.7 Å². The zero-order valence-corrected chi connectivity index (χ0v) is 75.1. The van der Waals surface area contributed by atoms with Crippen molar-refractivity contribution in [1.82, 2.24) is 29.2 Å². The van der Waals surface area contributed by atoms with E-state index in [1.165, 1.54) is 127 Å². The first-order chi connectivity index (χ1) is 51.7. The summed E-state index contributed by atoms with van der Waals surface area (Å²) in [7, 11) is 2.42. The van der Waals surface area contributed by atoms with E-state index >= 15 is 0 Å². The van der Waals surface area contributed by atoms with Crippen LogP contribution in [-0.2, 0) is 4.92 Å². The Morgan fingerprint density at radius 2 is 0.883 bits per heavy atom. The fourth-order valence-corrected chi connectivity index (χ4v) is 11.5. The molecule has 4 aliphatic rings. The molecule has 0 spiro atoms. The Balaban J connectivity index is 0.00000134. The van der Waals surface area contributed by atoms with Gasteiger partial charge in [0.05, 0.1) is 71.2 Å². The molecule has 0 saturated carbocycles.